The highest BCUT2D eigenvalue weighted by Gasteiger charge is 2.06. The lowest BCUT2D eigenvalue weighted by Crippen LogP contribution is -2.33. The number of thiazole rings is 1. The van der Waals surface area contributed by atoms with Gasteiger partial charge >= 0.3 is 6.03 Å². The Morgan fingerprint density at radius 1 is 1.04 bits per heavy atom. The van der Waals surface area contributed by atoms with Crippen LogP contribution in [-0.2, 0) is 0 Å². The van der Waals surface area contributed by atoms with Gasteiger partial charge in [-0.25, -0.2) is 15.2 Å². The Hall–Kier alpha value is -2.57. The Morgan fingerprint density at radius 3 is 2.52 bits per heavy atom. The Morgan fingerprint density at radius 2 is 1.78 bits per heavy atom. The molecule has 0 aliphatic rings. The molecule has 7 heteroatoms. The minimum absolute atomic E-state index is 0.362. The molecule has 0 atom stereocenters. The summed E-state index contributed by atoms with van der Waals surface area (Å²) in [5, 5.41) is 5.89. The third kappa shape index (κ3) is 4.21. The molecule has 3 N–H and O–H groups in total. The summed E-state index contributed by atoms with van der Waals surface area (Å²) in [6, 6.07) is 16.3. The summed E-state index contributed by atoms with van der Waals surface area (Å²) in [5.74, 6) is 0. The van der Waals surface area contributed by atoms with Gasteiger partial charge in [-0.2, -0.15) is 0 Å². The highest BCUT2D eigenvalue weighted by molar-refractivity contribution is 7.14. The molecule has 3 rings (SSSR count). The van der Waals surface area contributed by atoms with Crippen LogP contribution in [-0.4, -0.2) is 11.0 Å². The third-order valence-electron chi connectivity index (χ3n) is 2.96. The van der Waals surface area contributed by atoms with Crippen molar-refractivity contribution in [1.82, 2.24) is 10.4 Å². The Balaban J connectivity index is 1.57. The minimum atomic E-state index is -0.362. The van der Waals surface area contributed by atoms with Gasteiger partial charge in [0.1, 0.15) is 0 Å². The zero-order valence-electron chi connectivity index (χ0n) is 11.9. The van der Waals surface area contributed by atoms with Crippen LogP contribution in [0.4, 0.5) is 15.6 Å². The van der Waals surface area contributed by atoms with Crippen LogP contribution in [0.5, 0.6) is 0 Å². The van der Waals surface area contributed by atoms with Gasteiger partial charge in [0.25, 0.3) is 0 Å². The quantitative estimate of drug-likeness (QED) is 0.605. The first-order chi connectivity index (χ1) is 11.2. The number of halogens is 1. The summed E-state index contributed by atoms with van der Waals surface area (Å²) in [6.07, 6.45) is 0. The highest BCUT2D eigenvalue weighted by atomic mass is 35.5. The molecule has 1 aromatic heterocycles. The lowest BCUT2D eigenvalue weighted by molar-refractivity contribution is 0.254. The number of amides is 2. The fourth-order valence-corrected chi connectivity index (χ4v) is 2.68. The Labute approximate surface area is 142 Å². The van der Waals surface area contributed by atoms with Gasteiger partial charge < -0.3 is 5.32 Å². The normalized spacial score (nSPS) is 10.1. The lowest BCUT2D eigenvalue weighted by Gasteiger charge is -2.07. The maximum absolute atomic E-state index is 11.8. The fraction of sp³-hybridized carbons (Fsp3) is 0. The van der Waals surface area contributed by atoms with Crippen molar-refractivity contribution in [3.05, 3.63) is 65.0 Å². The van der Waals surface area contributed by atoms with Crippen molar-refractivity contribution in [2.75, 3.05) is 10.7 Å². The first-order valence-corrected chi connectivity index (χ1v) is 8.06. The fourth-order valence-electron chi connectivity index (χ4n) is 1.88. The molecule has 0 aliphatic heterocycles. The van der Waals surface area contributed by atoms with Gasteiger partial charge in [-0.05, 0) is 24.3 Å². The van der Waals surface area contributed by atoms with Crippen LogP contribution in [0.1, 0.15) is 0 Å². The van der Waals surface area contributed by atoms with Crippen LogP contribution in [0, 0.1) is 0 Å². The molecule has 0 radical (unpaired) electrons. The van der Waals surface area contributed by atoms with Crippen LogP contribution < -0.4 is 16.2 Å². The van der Waals surface area contributed by atoms with E-state index in [1.165, 1.54) is 11.3 Å². The van der Waals surface area contributed by atoms with Gasteiger partial charge in [0.2, 0.25) is 5.13 Å². The van der Waals surface area contributed by atoms with Crippen LogP contribution in [0.3, 0.4) is 0 Å². The Kier molecular flexibility index (Phi) is 4.75. The zero-order valence-corrected chi connectivity index (χ0v) is 13.5. The van der Waals surface area contributed by atoms with Crippen molar-refractivity contribution in [2.24, 2.45) is 0 Å². The molecule has 5 nitrogen and oxygen atoms in total. The second-order valence-corrected chi connectivity index (χ2v) is 5.91. The molecule has 0 saturated heterocycles. The molecule has 0 spiro atoms. The van der Waals surface area contributed by atoms with E-state index in [0.717, 1.165) is 11.3 Å². The van der Waals surface area contributed by atoms with E-state index in [4.69, 9.17) is 11.6 Å². The molecular weight excluding hydrogens is 332 g/mol. The van der Waals surface area contributed by atoms with Crippen LogP contribution in [0.15, 0.2) is 60.0 Å². The molecule has 0 fully saturated rings. The van der Waals surface area contributed by atoms with Gasteiger partial charge in [0.15, 0.2) is 0 Å². The summed E-state index contributed by atoms with van der Waals surface area (Å²) < 4.78 is 0. The smallest absolute Gasteiger partial charge is 0.307 e. The number of rotatable bonds is 4. The summed E-state index contributed by atoms with van der Waals surface area (Å²) in [5.41, 5.74) is 7.83. The first-order valence-electron chi connectivity index (χ1n) is 6.80. The van der Waals surface area contributed by atoms with Crippen molar-refractivity contribution in [3.63, 3.8) is 0 Å². The number of carbonyl (C=O) groups is 1. The molecule has 2 amide bonds. The minimum Gasteiger partial charge on any atom is -0.307 e. The first kappa shape index (κ1) is 15.3. The number of hydrazine groups is 1. The van der Waals surface area contributed by atoms with Crippen molar-refractivity contribution in [3.8, 4) is 11.3 Å². The van der Waals surface area contributed by atoms with Gasteiger partial charge in [0.05, 0.1) is 5.69 Å². The van der Waals surface area contributed by atoms with Crippen LogP contribution in [0.25, 0.3) is 11.3 Å². The summed E-state index contributed by atoms with van der Waals surface area (Å²) in [6.45, 7) is 0. The van der Waals surface area contributed by atoms with Crippen LogP contribution >= 0.6 is 22.9 Å². The van der Waals surface area contributed by atoms with E-state index in [1.54, 1.807) is 0 Å². The molecule has 1 heterocycles. The molecular formula is C16H13ClN4OS. The molecule has 0 unspecified atom stereocenters. The highest BCUT2D eigenvalue weighted by Crippen LogP contribution is 2.25. The molecule has 0 saturated carbocycles. The topological polar surface area (TPSA) is 66.0 Å². The maximum Gasteiger partial charge on any atom is 0.337 e. The van der Waals surface area contributed by atoms with E-state index in [2.05, 4.69) is 21.2 Å². The van der Waals surface area contributed by atoms with Crippen molar-refractivity contribution in [2.45, 2.75) is 0 Å². The number of hydrogen-bond donors (Lipinski definition) is 3. The molecule has 2 aromatic carbocycles. The monoisotopic (exact) mass is 344 g/mol. The van der Waals surface area contributed by atoms with E-state index >= 15 is 0 Å². The summed E-state index contributed by atoms with van der Waals surface area (Å²) in [7, 11) is 0. The van der Waals surface area contributed by atoms with Crippen molar-refractivity contribution < 1.29 is 4.79 Å². The Bertz CT molecular complexity index is 789. The molecule has 23 heavy (non-hydrogen) atoms. The second-order valence-electron chi connectivity index (χ2n) is 4.61. The second kappa shape index (κ2) is 7.13. The average Bonchev–Trinajstić information content (AvgIpc) is 3.04. The van der Waals surface area contributed by atoms with Gasteiger partial charge in [-0.3, -0.25) is 5.43 Å². The predicted molar refractivity (Wildman–Crippen MR) is 94.8 cm³/mol. The van der Waals surface area contributed by atoms with Crippen molar-refractivity contribution >= 4 is 39.8 Å². The molecule has 116 valence electrons. The van der Waals surface area contributed by atoms with E-state index in [0.29, 0.717) is 15.8 Å². The number of carbonyl (C=O) groups excluding carboxylic acids is 1. The standard InChI is InChI=1S/C16H13ClN4OS/c17-12-8-6-11(7-9-12)14-10-23-16(19-14)21-20-15(22)18-13-4-2-1-3-5-13/h1-10H,(H,19,21)(H2,18,20,22). The van der Waals surface area contributed by atoms with E-state index < -0.39 is 0 Å². The third-order valence-corrected chi connectivity index (χ3v) is 3.97. The number of para-hydroxylation sites is 1. The zero-order chi connectivity index (χ0) is 16.1. The molecule has 3 aromatic rings. The van der Waals surface area contributed by atoms with Crippen LogP contribution in [0.2, 0.25) is 5.02 Å². The number of nitrogens with zero attached hydrogens (tertiary/aromatic N) is 1. The van der Waals surface area contributed by atoms with Crippen molar-refractivity contribution in [1.29, 1.82) is 0 Å². The molecule has 0 bridgehead atoms. The van der Waals surface area contributed by atoms with E-state index in [-0.39, 0.29) is 6.03 Å². The maximum atomic E-state index is 11.8. The number of aromatic nitrogens is 1. The number of urea groups is 1. The number of benzene rings is 2. The SMILES string of the molecule is O=C(NNc1nc(-c2ccc(Cl)cc2)cs1)Nc1ccccc1. The average molecular weight is 345 g/mol. The summed E-state index contributed by atoms with van der Waals surface area (Å²) in [4.78, 5) is 16.2. The number of nitrogens with one attached hydrogen (secondary N) is 3. The largest absolute Gasteiger partial charge is 0.337 e. The van der Waals surface area contributed by atoms with E-state index in [9.17, 15) is 4.79 Å². The lowest BCUT2D eigenvalue weighted by atomic mass is 10.2. The number of anilines is 2. The number of hydrogen-bond acceptors (Lipinski definition) is 4. The van der Waals surface area contributed by atoms with Gasteiger partial charge in [-0.15, -0.1) is 11.3 Å². The molecule has 0 aliphatic carbocycles. The predicted octanol–water partition coefficient (Wildman–Crippen LogP) is 4.61. The van der Waals surface area contributed by atoms with Gasteiger partial charge in [0, 0.05) is 21.7 Å². The van der Waals surface area contributed by atoms with Gasteiger partial charge in [-0.1, -0.05) is 41.9 Å². The van der Waals surface area contributed by atoms with E-state index in [1.807, 2.05) is 60.0 Å². The summed E-state index contributed by atoms with van der Waals surface area (Å²) >= 11 is 7.27.